The monoisotopic (exact) mass is 316 g/mol. The van der Waals surface area contributed by atoms with Gasteiger partial charge in [0.1, 0.15) is 0 Å². The number of benzene rings is 1. The number of nitrogens with one attached hydrogen (secondary N) is 1. The van der Waals surface area contributed by atoms with Gasteiger partial charge in [-0.15, -0.1) is 0 Å². The fourth-order valence-electron chi connectivity index (χ4n) is 2.14. The summed E-state index contributed by atoms with van der Waals surface area (Å²) in [6, 6.07) is 11.6. The van der Waals surface area contributed by atoms with Crippen molar-refractivity contribution in [2.75, 3.05) is 26.9 Å². The van der Waals surface area contributed by atoms with Gasteiger partial charge in [0, 0.05) is 18.8 Å². The van der Waals surface area contributed by atoms with E-state index >= 15 is 0 Å². The van der Waals surface area contributed by atoms with Gasteiger partial charge in [-0.05, 0) is 43.7 Å². The Labute approximate surface area is 137 Å². The molecule has 1 N–H and O–H groups in total. The molecule has 0 aliphatic rings. The zero-order valence-electron chi connectivity index (χ0n) is 13.7. The van der Waals surface area contributed by atoms with Crippen LogP contribution < -0.4 is 19.5 Å². The summed E-state index contributed by atoms with van der Waals surface area (Å²) in [5.41, 5.74) is 1.16. The molecule has 1 aromatic carbocycles. The summed E-state index contributed by atoms with van der Waals surface area (Å²) in [6.07, 6.45) is 2.65. The van der Waals surface area contributed by atoms with Gasteiger partial charge in [-0.25, -0.2) is 4.98 Å². The molecule has 0 aliphatic heterocycles. The summed E-state index contributed by atoms with van der Waals surface area (Å²) in [5.74, 6) is 2.22. The van der Waals surface area contributed by atoms with E-state index in [1.807, 2.05) is 43.3 Å². The highest BCUT2D eigenvalue weighted by Crippen LogP contribution is 2.27. The van der Waals surface area contributed by atoms with Crippen LogP contribution in [0.4, 0.5) is 0 Å². The zero-order chi connectivity index (χ0) is 16.3. The molecule has 5 nitrogen and oxygen atoms in total. The number of ether oxygens (including phenoxy) is 3. The number of hydrogen-bond donors (Lipinski definition) is 1. The van der Waals surface area contributed by atoms with Crippen LogP contribution in [0.3, 0.4) is 0 Å². The van der Waals surface area contributed by atoms with Gasteiger partial charge in [-0.2, -0.15) is 0 Å². The maximum atomic E-state index is 5.55. The lowest BCUT2D eigenvalue weighted by Crippen LogP contribution is -2.17. The van der Waals surface area contributed by atoms with E-state index in [-0.39, 0.29) is 0 Å². The van der Waals surface area contributed by atoms with Crippen LogP contribution in [0.5, 0.6) is 17.4 Å². The van der Waals surface area contributed by atoms with Crippen molar-refractivity contribution in [3.63, 3.8) is 0 Å². The summed E-state index contributed by atoms with van der Waals surface area (Å²) in [6.45, 7) is 4.90. The van der Waals surface area contributed by atoms with Gasteiger partial charge in [0.15, 0.2) is 11.5 Å². The third-order valence-electron chi connectivity index (χ3n) is 3.24. The lowest BCUT2D eigenvalue weighted by atomic mass is 10.2. The molecule has 0 amide bonds. The summed E-state index contributed by atoms with van der Waals surface area (Å²) in [5, 5.41) is 3.39. The van der Waals surface area contributed by atoms with Crippen molar-refractivity contribution < 1.29 is 14.2 Å². The van der Waals surface area contributed by atoms with Crippen molar-refractivity contribution in [2.24, 2.45) is 0 Å². The van der Waals surface area contributed by atoms with Crippen molar-refractivity contribution in [3.05, 3.63) is 48.2 Å². The van der Waals surface area contributed by atoms with E-state index in [9.17, 15) is 0 Å². The Kier molecular flexibility index (Phi) is 7.20. The Bertz CT molecular complexity index is 576. The molecule has 0 unspecified atom stereocenters. The molecule has 0 radical (unpaired) electrons. The number of nitrogens with zero attached hydrogens (tertiary/aromatic N) is 1. The lowest BCUT2D eigenvalue weighted by molar-refractivity contribution is 0.296. The molecular weight excluding hydrogens is 292 g/mol. The Balaban J connectivity index is 1.68. The first kappa shape index (κ1) is 17.1. The molecule has 0 saturated heterocycles. The number of pyridine rings is 1. The van der Waals surface area contributed by atoms with E-state index in [0.717, 1.165) is 36.6 Å². The van der Waals surface area contributed by atoms with E-state index in [4.69, 9.17) is 14.2 Å². The number of rotatable bonds is 10. The quantitative estimate of drug-likeness (QED) is 0.683. The Morgan fingerprint density at radius 1 is 1.09 bits per heavy atom. The minimum Gasteiger partial charge on any atom is -0.493 e. The second-order valence-electron chi connectivity index (χ2n) is 4.96. The summed E-state index contributed by atoms with van der Waals surface area (Å²) in [7, 11) is 1.66. The van der Waals surface area contributed by atoms with Crippen molar-refractivity contribution in [2.45, 2.75) is 19.9 Å². The summed E-state index contributed by atoms with van der Waals surface area (Å²) in [4.78, 5) is 4.12. The second-order valence-corrected chi connectivity index (χ2v) is 4.96. The van der Waals surface area contributed by atoms with Crippen molar-refractivity contribution in [3.8, 4) is 17.4 Å². The normalized spacial score (nSPS) is 10.3. The molecule has 1 aromatic heterocycles. The highest BCUT2D eigenvalue weighted by Gasteiger charge is 2.05. The summed E-state index contributed by atoms with van der Waals surface area (Å²) < 4.78 is 16.4. The molecule has 0 bridgehead atoms. The zero-order valence-corrected chi connectivity index (χ0v) is 13.7. The predicted molar refractivity (Wildman–Crippen MR) is 90.2 cm³/mol. The van der Waals surface area contributed by atoms with Crippen LogP contribution in [0.25, 0.3) is 0 Å². The molecule has 0 aliphatic carbocycles. The van der Waals surface area contributed by atoms with Crippen LogP contribution in [0.15, 0.2) is 42.6 Å². The molecule has 1 heterocycles. The first-order valence-corrected chi connectivity index (χ1v) is 7.87. The third-order valence-corrected chi connectivity index (χ3v) is 3.24. The Hall–Kier alpha value is -2.27. The molecule has 0 saturated carbocycles. The molecular formula is C18H24N2O3. The Morgan fingerprint density at radius 3 is 2.74 bits per heavy atom. The maximum Gasteiger partial charge on any atom is 0.213 e. The van der Waals surface area contributed by atoms with E-state index < -0.39 is 0 Å². The fraction of sp³-hybridized carbons (Fsp3) is 0.389. The van der Waals surface area contributed by atoms with Gasteiger partial charge in [-0.3, -0.25) is 0 Å². The minimum absolute atomic E-state index is 0.629. The smallest absolute Gasteiger partial charge is 0.213 e. The molecule has 0 spiro atoms. The van der Waals surface area contributed by atoms with Crippen LogP contribution in [-0.2, 0) is 6.54 Å². The number of methoxy groups -OCH3 is 1. The molecule has 2 rings (SSSR count). The average Bonchev–Trinajstić information content (AvgIpc) is 2.60. The van der Waals surface area contributed by atoms with Crippen molar-refractivity contribution >= 4 is 0 Å². The van der Waals surface area contributed by atoms with Gasteiger partial charge < -0.3 is 19.5 Å². The fourth-order valence-corrected chi connectivity index (χ4v) is 2.14. The highest BCUT2D eigenvalue weighted by atomic mass is 16.5. The standard InChI is InChI=1S/C18H24N2O3/c1-3-22-16-9-8-15(13-17(16)21-2)14-19-10-6-12-23-18-7-4-5-11-20-18/h4-5,7-9,11,13,19H,3,6,10,12,14H2,1-2H3. The maximum absolute atomic E-state index is 5.55. The van der Waals surface area contributed by atoms with Gasteiger partial charge in [-0.1, -0.05) is 12.1 Å². The number of hydrogen-bond acceptors (Lipinski definition) is 5. The van der Waals surface area contributed by atoms with E-state index in [1.165, 1.54) is 0 Å². The SMILES string of the molecule is CCOc1ccc(CNCCCOc2ccccn2)cc1OC. The van der Waals surface area contributed by atoms with Crippen LogP contribution in [0, 0.1) is 0 Å². The van der Waals surface area contributed by atoms with Gasteiger partial charge >= 0.3 is 0 Å². The van der Waals surface area contributed by atoms with Crippen molar-refractivity contribution in [1.82, 2.24) is 10.3 Å². The van der Waals surface area contributed by atoms with E-state index in [2.05, 4.69) is 10.3 Å². The summed E-state index contributed by atoms with van der Waals surface area (Å²) >= 11 is 0. The molecule has 124 valence electrons. The molecule has 2 aromatic rings. The average molecular weight is 316 g/mol. The number of aromatic nitrogens is 1. The molecule has 0 fully saturated rings. The highest BCUT2D eigenvalue weighted by molar-refractivity contribution is 5.42. The second kappa shape index (κ2) is 9.69. The minimum atomic E-state index is 0.629. The topological polar surface area (TPSA) is 52.6 Å². The first-order valence-electron chi connectivity index (χ1n) is 7.87. The van der Waals surface area contributed by atoms with Crippen LogP contribution in [0.2, 0.25) is 0 Å². The van der Waals surface area contributed by atoms with E-state index in [0.29, 0.717) is 19.1 Å². The molecule has 0 atom stereocenters. The van der Waals surface area contributed by atoms with Gasteiger partial charge in [0.05, 0.1) is 20.3 Å². The Morgan fingerprint density at radius 2 is 2.00 bits per heavy atom. The van der Waals surface area contributed by atoms with Crippen LogP contribution >= 0.6 is 0 Å². The predicted octanol–water partition coefficient (Wildman–Crippen LogP) is 3.05. The first-order chi connectivity index (χ1) is 11.3. The lowest BCUT2D eigenvalue weighted by Gasteiger charge is -2.11. The molecule has 5 heteroatoms. The third kappa shape index (κ3) is 5.79. The van der Waals surface area contributed by atoms with E-state index in [1.54, 1.807) is 13.3 Å². The van der Waals surface area contributed by atoms with Crippen LogP contribution in [0.1, 0.15) is 18.9 Å². The molecule has 23 heavy (non-hydrogen) atoms. The van der Waals surface area contributed by atoms with Gasteiger partial charge in [0.2, 0.25) is 5.88 Å². The van der Waals surface area contributed by atoms with Crippen LogP contribution in [-0.4, -0.2) is 31.9 Å². The largest absolute Gasteiger partial charge is 0.493 e. The van der Waals surface area contributed by atoms with Crippen molar-refractivity contribution in [1.29, 1.82) is 0 Å². The van der Waals surface area contributed by atoms with Gasteiger partial charge in [0.25, 0.3) is 0 Å².